The minimum Gasteiger partial charge on any atom is -0.258 e. The van der Waals surface area contributed by atoms with Crippen LogP contribution in [0.1, 0.15) is 55.4 Å². The summed E-state index contributed by atoms with van der Waals surface area (Å²) in [7, 11) is 0. The molecule has 0 saturated heterocycles. The molecule has 0 heterocycles. The standard InChI is InChI=1S/C24H29N/c1-7-17(2)16-22-10-14-24(15-11-22)21(6)25-20(5)19(4)23-12-8-18(3)9-13-23/h8-15,19H,2,6-7,16H2,1,3-5H3. The fourth-order valence-electron chi connectivity index (χ4n) is 2.70. The van der Waals surface area contributed by atoms with Gasteiger partial charge < -0.3 is 0 Å². The van der Waals surface area contributed by atoms with Crippen LogP contribution in [0.5, 0.6) is 0 Å². The van der Waals surface area contributed by atoms with Crippen LogP contribution in [0.15, 0.2) is 72.3 Å². The van der Waals surface area contributed by atoms with Crippen LogP contribution < -0.4 is 0 Å². The monoisotopic (exact) mass is 331 g/mol. The summed E-state index contributed by atoms with van der Waals surface area (Å²) in [6.07, 6.45) is 1.96. The van der Waals surface area contributed by atoms with Gasteiger partial charge in [-0.05, 0) is 43.4 Å². The lowest BCUT2D eigenvalue weighted by atomic mass is 9.96. The molecule has 0 saturated carbocycles. The molecule has 0 bridgehead atoms. The predicted octanol–water partition coefficient (Wildman–Crippen LogP) is 6.74. The molecule has 0 amide bonds. The second-order valence-corrected chi connectivity index (χ2v) is 6.81. The van der Waals surface area contributed by atoms with Crippen molar-refractivity contribution < 1.29 is 0 Å². The Labute approximate surface area is 152 Å². The summed E-state index contributed by atoms with van der Waals surface area (Å²) in [5, 5.41) is 0. The molecule has 0 N–H and O–H groups in total. The quantitative estimate of drug-likeness (QED) is 0.393. The molecule has 1 nitrogen and oxygen atoms in total. The fourth-order valence-corrected chi connectivity index (χ4v) is 2.70. The highest BCUT2D eigenvalue weighted by molar-refractivity contribution is 5.92. The molecule has 2 aromatic carbocycles. The van der Waals surface area contributed by atoms with Crippen molar-refractivity contribution in [2.75, 3.05) is 0 Å². The second-order valence-electron chi connectivity index (χ2n) is 6.81. The molecule has 2 rings (SSSR count). The van der Waals surface area contributed by atoms with E-state index in [9.17, 15) is 0 Å². The van der Waals surface area contributed by atoms with Gasteiger partial charge in [-0.25, -0.2) is 0 Å². The van der Waals surface area contributed by atoms with Crippen LogP contribution in [0.4, 0.5) is 0 Å². The summed E-state index contributed by atoms with van der Waals surface area (Å²) < 4.78 is 0. The minimum absolute atomic E-state index is 0.282. The Morgan fingerprint density at radius 3 is 2.16 bits per heavy atom. The Morgan fingerprint density at radius 1 is 1.00 bits per heavy atom. The van der Waals surface area contributed by atoms with E-state index in [1.54, 1.807) is 0 Å². The maximum absolute atomic E-state index is 4.76. The van der Waals surface area contributed by atoms with Crippen LogP contribution in [0.3, 0.4) is 0 Å². The largest absolute Gasteiger partial charge is 0.258 e. The predicted molar refractivity (Wildman–Crippen MR) is 111 cm³/mol. The van der Waals surface area contributed by atoms with Crippen LogP contribution in [-0.2, 0) is 6.42 Å². The lowest BCUT2D eigenvalue weighted by molar-refractivity contribution is 1.01. The highest BCUT2D eigenvalue weighted by atomic mass is 14.8. The van der Waals surface area contributed by atoms with E-state index in [0.29, 0.717) is 0 Å². The van der Waals surface area contributed by atoms with Crippen LogP contribution in [0.25, 0.3) is 5.70 Å². The first-order chi connectivity index (χ1) is 11.9. The first-order valence-corrected chi connectivity index (χ1v) is 8.97. The van der Waals surface area contributed by atoms with Crippen molar-refractivity contribution in [3.8, 4) is 0 Å². The van der Waals surface area contributed by atoms with Crippen molar-refractivity contribution in [1.29, 1.82) is 0 Å². The molecule has 0 aliphatic rings. The Balaban J connectivity index is 2.10. The molecule has 0 aliphatic heterocycles. The molecule has 2 aromatic rings. The number of aliphatic imine (C=N–C) groups is 1. The summed E-state index contributed by atoms with van der Waals surface area (Å²) in [6.45, 7) is 16.8. The Hall–Kier alpha value is -2.41. The molecular weight excluding hydrogens is 302 g/mol. The number of nitrogens with zero attached hydrogens (tertiary/aromatic N) is 1. The van der Waals surface area contributed by atoms with Crippen molar-refractivity contribution >= 4 is 11.4 Å². The summed E-state index contributed by atoms with van der Waals surface area (Å²) >= 11 is 0. The average Bonchev–Trinajstić information content (AvgIpc) is 2.62. The van der Waals surface area contributed by atoms with Gasteiger partial charge in [-0.2, -0.15) is 0 Å². The van der Waals surface area contributed by atoms with Crippen molar-refractivity contribution in [3.63, 3.8) is 0 Å². The van der Waals surface area contributed by atoms with Gasteiger partial charge in [0.15, 0.2) is 0 Å². The van der Waals surface area contributed by atoms with E-state index in [0.717, 1.165) is 29.8 Å². The summed E-state index contributed by atoms with van der Waals surface area (Å²) in [5.74, 6) is 0.282. The fraction of sp³-hybridized carbons (Fsp3) is 0.292. The zero-order valence-corrected chi connectivity index (χ0v) is 16.0. The zero-order valence-electron chi connectivity index (χ0n) is 16.0. The number of hydrogen-bond acceptors (Lipinski definition) is 1. The van der Waals surface area contributed by atoms with Gasteiger partial charge in [0.1, 0.15) is 0 Å². The first kappa shape index (κ1) is 18.9. The molecule has 0 spiro atoms. The van der Waals surface area contributed by atoms with Crippen LogP contribution in [0, 0.1) is 6.92 Å². The van der Waals surface area contributed by atoms with Gasteiger partial charge in [-0.1, -0.05) is 86.7 Å². The normalized spacial score (nSPS) is 12.7. The molecule has 0 radical (unpaired) electrons. The average molecular weight is 332 g/mol. The van der Waals surface area contributed by atoms with Crippen molar-refractivity contribution in [2.24, 2.45) is 4.99 Å². The highest BCUT2D eigenvalue weighted by Crippen LogP contribution is 2.22. The molecule has 1 heteroatoms. The molecule has 0 aliphatic carbocycles. The van der Waals surface area contributed by atoms with E-state index in [2.05, 4.69) is 89.4 Å². The first-order valence-electron chi connectivity index (χ1n) is 8.97. The number of benzene rings is 2. The smallest absolute Gasteiger partial charge is 0.0629 e. The Bertz CT molecular complexity index is 761. The van der Waals surface area contributed by atoms with Gasteiger partial charge in [0, 0.05) is 11.6 Å². The maximum atomic E-state index is 4.76. The number of allylic oxidation sites excluding steroid dienone is 1. The van der Waals surface area contributed by atoms with Crippen molar-refractivity contribution in [2.45, 2.75) is 46.5 Å². The van der Waals surface area contributed by atoms with Gasteiger partial charge >= 0.3 is 0 Å². The van der Waals surface area contributed by atoms with E-state index in [4.69, 9.17) is 4.99 Å². The lowest BCUT2D eigenvalue weighted by Crippen LogP contribution is -2.05. The van der Waals surface area contributed by atoms with Gasteiger partial charge in [0.2, 0.25) is 0 Å². The number of hydrogen-bond donors (Lipinski definition) is 0. The SMILES string of the molecule is C=C(CC)Cc1ccc(C(=C)N=C(C)C(C)c2ccc(C)cc2)cc1. The Morgan fingerprint density at radius 2 is 1.60 bits per heavy atom. The molecule has 0 fully saturated rings. The molecule has 130 valence electrons. The molecule has 0 aromatic heterocycles. The third-order valence-electron chi connectivity index (χ3n) is 4.76. The van der Waals surface area contributed by atoms with E-state index in [1.807, 2.05) is 0 Å². The zero-order chi connectivity index (χ0) is 18.4. The van der Waals surface area contributed by atoms with E-state index in [-0.39, 0.29) is 5.92 Å². The van der Waals surface area contributed by atoms with E-state index < -0.39 is 0 Å². The summed E-state index contributed by atoms with van der Waals surface area (Å²) in [6, 6.07) is 17.2. The van der Waals surface area contributed by atoms with E-state index >= 15 is 0 Å². The van der Waals surface area contributed by atoms with Crippen LogP contribution >= 0.6 is 0 Å². The van der Waals surface area contributed by atoms with Gasteiger partial charge in [-0.15, -0.1) is 0 Å². The summed E-state index contributed by atoms with van der Waals surface area (Å²) in [4.78, 5) is 4.76. The third-order valence-corrected chi connectivity index (χ3v) is 4.76. The topological polar surface area (TPSA) is 12.4 Å². The second kappa shape index (κ2) is 8.62. The molecule has 25 heavy (non-hydrogen) atoms. The lowest BCUT2D eigenvalue weighted by Gasteiger charge is -2.13. The third kappa shape index (κ3) is 5.29. The van der Waals surface area contributed by atoms with Gasteiger partial charge in [0.25, 0.3) is 0 Å². The number of aryl methyl sites for hydroxylation is 1. The van der Waals surface area contributed by atoms with Crippen molar-refractivity contribution in [3.05, 3.63) is 89.5 Å². The van der Waals surface area contributed by atoms with E-state index in [1.165, 1.54) is 22.3 Å². The highest BCUT2D eigenvalue weighted by Gasteiger charge is 2.09. The number of rotatable bonds is 7. The van der Waals surface area contributed by atoms with Crippen molar-refractivity contribution in [1.82, 2.24) is 0 Å². The minimum atomic E-state index is 0.282. The molecule has 1 unspecified atom stereocenters. The summed E-state index contributed by atoms with van der Waals surface area (Å²) in [5.41, 5.74) is 8.08. The maximum Gasteiger partial charge on any atom is 0.0629 e. The van der Waals surface area contributed by atoms with Crippen LogP contribution in [0.2, 0.25) is 0 Å². The van der Waals surface area contributed by atoms with Gasteiger partial charge in [-0.3, -0.25) is 4.99 Å². The Kier molecular flexibility index (Phi) is 6.52. The molecular formula is C24H29N. The van der Waals surface area contributed by atoms with Gasteiger partial charge in [0.05, 0.1) is 5.70 Å². The van der Waals surface area contributed by atoms with Crippen LogP contribution in [-0.4, -0.2) is 5.71 Å². The molecule has 1 atom stereocenters.